The van der Waals surface area contributed by atoms with E-state index in [0.717, 1.165) is 29.5 Å². The van der Waals surface area contributed by atoms with E-state index < -0.39 is 0 Å². The third-order valence-corrected chi connectivity index (χ3v) is 5.11. The van der Waals surface area contributed by atoms with Gasteiger partial charge in [-0.3, -0.25) is 0 Å². The van der Waals surface area contributed by atoms with Gasteiger partial charge in [0.15, 0.2) is 5.13 Å². The van der Waals surface area contributed by atoms with Crippen molar-refractivity contribution < 1.29 is 5.11 Å². The normalized spacial score (nSPS) is 25.1. The largest absolute Gasteiger partial charge is 0.508 e. The second-order valence-corrected chi connectivity index (χ2v) is 6.35. The predicted molar refractivity (Wildman–Crippen MR) is 81.4 cm³/mol. The number of hydrogen-bond donors (Lipinski definition) is 2. The van der Waals surface area contributed by atoms with E-state index in [9.17, 15) is 5.11 Å². The third kappa shape index (κ3) is 1.98. The standard InChI is InChI=1S/C15H17N3OS/c19-13-5-1-10(2-6-13)14-9-20-15(17-14)18-11-3-4-12(18)8-16-7-11/h1-2,5-6,9,11-12,16,19H,3-4,7-8H2. The molecule has 104 valence electrons. The number of aromatic hydroxyl groups is 1. The molecule has 20 heavy (non-hydrogen) atoms. The zero-order valence-corrected chi connectivity index (χ0v) is 11.9. The SMILES string of the molecule is Oc1ccc(-c2csc(N3C4CCC3CNC4)n2)cc1. The molecule has 2 aliphatic rings. The maximum absolute atomic E-state index is 9.36. The fourth-order valence-corrected chi connectivity index (χ4v) is 4.22. The summed E-state index contributed by atoms with van der Waals surface area (Å²) in [6.45, 7) is 2.15. The number of fused-ring (bicyclic) bond motifs is 2. The number of phenols is 1. The van der Waals surface area contributed by atoms with Crippen LogP contribution >= 0.6 is 11.3 Å². The van der Waals surface area contributed by atoms with E-state index in [2.05, 4.69) is 15.6 Å². The van der Waals surface area contributed by atoms with Crippen LogP contribution in [0.1, 0.15) is 12.8 Å². The van der Waals surface area contributed by atoms with Crippen molar-refractivity contribution in [2.75, 3.05) is 18.0 Å². The summed E-state index contributed by atoms with van der Waals surface area (Å²) in [6.07, 6.45) is 2.54. The summed E-state index contributed by atoms with van der Waals surface area (Å²) in [5.41, 5.74) is 2.07. The van der Waals surface area contributed by atoms with Crippen LogP contribution in [0.15, 0.2) is 29.6 Å². The van der Waals surface area contributed by atoms with Crippen LogP contribution in [0.2, 0.25) is 0 Å². The molecule has 1 aromatic carbocycles. The van der Waals surface area contributed by atoms with E-state index >= 15 is 0 Å². The molecule has 2 unspecified atom stereocenters. The molecule has 4 nitrogen and oxygen atoms in total. The molecule has 2 saturated heterocycles. The first-order valence-electron chi connectivity index (χ1n) is 7.05. The number of nitrogens with one attached hydrogen (secondary N) is 1. The molecule has 2 aromatic rings. The fourth-order valence-electron chi connectivity index (χ4n) is 3.24. The van der Waals surface area contributed by atoms with Gasteiger partial charge in [0.1, 0.15) is 5.75 Å². The lowest BCUT2D eigenvalue weighted by molar-refractivity contribution is 0.475. The summed E-state index contributed by atoms with van der Waals surface area (Å²) >= 11 is 1.73. The molecule has 4 rings (SSSR count). The van der Waals surface area contributed by atoms with E-state index in [1.54, 1.807) is 23.5 Å². The van der Waals surface area contributed by atoms with Crippen molar-refractivity contribution in [3.8, 4) is 17.0 Å². The monoisotopic (exact) mass is 287 g/mol. The lowest BCUT2D eigenvalue weighted by Gasteiger charge is -2.35. The van der Waals surface area contributed by atoms with Gasteiger partial charge in [0, 0.05) is 36.1 Å². The smallest absolute Gasteiger partial charge is 0.186 e. The number of anilines is 1. The molecule has 2 atom stereocenters. The number of benzene rings is 1. The Morgan fingerprint density at radius 3 is 2.55 bits per heavy atom. The van der Waals surface area contributed by atoms with Crippen molar-refractivity contribution in [2.45, 2.75) is 24.9 Å². The Kier molecular flexibility index (Phi) is 2.89. The molecule has 1 aromatic heterocycles. The lowest BCUT2D eigenvalue weighted by atomic mass is 10.2. The Morgan fingerprint density at radius 1 is 1.15 bits per heavy atom. The Balaban J connectivity index is 1.63. The van der Waals surface area contributed by atoms with Gasteiger partial charge < -0.3 is 15.3 Å². The first-order chi connectivity index (χ1) is 9.81. The van der Waals surface area contributed by atoms with Crippen molar-refractivity contribution in [1.29, 1.82) is 0 Å². The number of hydrogen-bond acceptors (Lipinski definition) is 5. The summed E-state index contributed by atoms with van der Waals surface area (Å²) in [7, 11) is 0. The van der Waals surface area contributed by atoms with Crippen LogP contribution in [0.25, 0.3) is 11.3 Å². The third-order valence-electron chi connectivity index (χ3n) is 4.26. The van der Waals surface area contributed by atoms with Crippen LogP contribution in [-0.4, -0.2) is 35.3 Å². The molecule has 2 N–H and O–H groups in total. The Labute approximate surface area is 122 Å². The zero-order chi connectivity index (χ0) is 13.5. The lowest BCUT2D eigenvalue weighted by Crippen LogP contribution is -2.51. The van der Waals surface area contributed by atoms with Gasteiger partial charge in [-0.05, 0) is 37.1 Å². The number of rotatable bonds is 2. The van der Waals surface area contributed by atoms with E-state index in [0.29, 0.717) is 17.8 Å². The Hall–Kier alpha value is -1.59. The van der Waals surface area contributed by atoms with Gasteiger partial charge in [-0.25, -0.2) is 4.98 Å². The Bertz CT molecular complexity index is 594. The summed E-state index contributed by atoms with van der Waals surface area (Å²) in [4.78, 5) is 7.31. The highest BCUT2D eigenvalue weighted by Gasteiger charge is 2.37. The summed E-state index contributed by atoms with van der Waals surface area (Å²) in [6, 6.07) is 8.47. The van der Waals surface area contributed by atoms with Gasteiger partial charge in [-0.2, -0.15) is 0 Å². The van der Waals surface area contributed by atoms with Crippen LogP contribution in [0.4, 0.5) is 5.13 Å². The molecular weight excluding hydrogens is 270 g/mol. The van der Waals surface area contributed by atoms with E-state index in [-0.39, 0.29) is 0 Å². The van der Waals surface area contributed by atoms with Gasteiger partial charge >= 0.3 is 0 Å². The van der Waals surface area contributed by atoms with E-state index in [1.807, 2.05) is 12.1 Å². The average Bonchev–Trinajstić information content (AvgIpc) is 3.02. The first kappa shape index (κ1) is 12.2. The van der Waals surface area contributed by atoms with Crippen LogP contribution in [0.5, 0.6) is 5.75 Å². The number of nitrogens with zero attached hydrogens (tertiary/aromatic N) is 2. The Morgan fingerprint density at radius 2 is 1.85 bits per heavy atom. The van der Waals surface area contributed by atoms with Crippen molar-refractivity contribution in [3.05, 3.63) is 29.6 Å². The second-order valence-electron chi connectivity index (χ2n) is 5.51. The van der Waals surface area contributed by atoms with E-state index in [4.69, 9.17) is 4.98 Å². The molecule has 2 fully saturated rings. The molecule has 0 saturated carbocycles. The zero-order valence-electron chi connectivity index (χ0n) is 11.1. The summed E-state index contributed by atoms with van der Waals surface area (Å²) in [5, 5.41) is 16.1. The quantitative estimate of drug-likeness (QED) is 0.891. The van der Waals surface area contributed by atoms with Crippen LogP contribution in [0, 0.1) is 0 Å². The van der Waals surface area contributed by atoms with Crippen LogP contribution < -0.4 is 10.2 Å². The molecule has 0 amide bonds. The number of phenolic OH excluding ortho intramolecular Hbond substituents is 1. The van der Waals surface area contributed by atoms with Gasteiger partial charge in [-0.15, -0.1) is 11.3 Å². The van der Waals surface area contributed by atoms with Gasteiger partial charge in [0.25, 0.3) is 0 Å². The van der Waals surface area contributed by atoms with Gasteiger partial charge in [0.2, 0.25) is 0 Å². The average molecular weight is 287 g/mol. The van der Waals surface area contributed by atoms with Crippen LogP contribution in [0.3, 0.4) is 0 Å². The number of piperazine rings is 1. The predicted octanol–water partition coefficient (Wildman–Crippen LogP) is 2.46. The summed E-state index contributed by atoms with van der Waals surface area (Å²) in [5.74, 6) is 0.296. The minimum atomic E-state index is 0.296. The highest BCUT2D eigenvalue weighted by molar-refractivity contribution is 7.14. The van der Waals surface area contributed by atoms with Gasteiger partial charge in [-0.1, -0.05) is 0 Å². The van der Waals surface area contributed by atoms with Crippen molar-refractivity contribution in [1.82, 2.24) is 10.3 Å². The molecule has 2 aliphatic heterocycles. The maximum atomic E-state index is 9.36. The minimum absolute atomic E-state index is 0.296. The summed E-state index contributed by atoms with van der Waals surface area (Å²) < 4.78 is 0. The molecule has 0 aliphatic carbocycles. The highest BCUT2D eigenvalue weighted by Crippen LogP contribution is 2.36. The number of thiazole rings is 1. The highest BCUT2D eigenvalue weighted by atomic mass is 32.1. The minimum Gasteiger partial charge on any atom is -0.508 e. The maximum Gasteiger partial charge on any atom is 0.186 e. The number of aromatic nitrogens is 1. The van der Waals surface area contributed by atoms with E-state index in [1.165, 1.54) is 12.8 Å². The topological polar surface area (TPSA) is 48.4 Å². The van der Waals surface area contributed by atoms with Crippen molar-refractivity contribution >= 4 is 16.5 Å². The molecule has 2 bridgehead atoms. The molecule has 0 radical (unpaired) electrons. The molecule has 0 spiro atoms. The fraction of sp³-hybridized carbons (Fsp3) is 0.400. The molecule has 5 heteroatoms. The van der Waals surface area contributed by atoms with Crippen molar-refractivity contribution in [2.24, 2.45) is 0 Å². The molecule has 3 heterocycles. The van der Waals surface area contributed by atoms with Crippen LogP contribution in [-0.2, 0) is 0 Å². The molecular formula is C15H17N3OS. The van der Waals surface area contributed by atoms with Crippen molar-refractivity contribution in [3.63, 3.8) is 0 Å². The second kappa shape index (κ2) is 4.75. The van der Waals surface area contributed by atoms with Gasteiger partial charge in [0.05, 0.1) is 5.69 Å². The first-order valence-corrected chi connectivity index (χ1v) is 7.93.